The number of ether oxygens (including phenoxy) is 2. The van der Waals surface area contributed by atoms with Crippen LogP contribution in [-0.2, 0) is 4.79 Å². The van der Waals surface area contributed by atoms with Gasteiger partial charge in [-0.25, -0.2) is 0 Å². The van der Waals surface area contributed by atoms with Crippen LogP contribution in [0.15, 0.2) is 24.3 Å². The summed E-state index contributed by atoms with van der Waals surface area (Å²) in [6.07, 6.45) is 4.32. The van der Waals surface area contributed by atoms with Crippen molar-refractivity contribution in [3.8, 4) is 11.5 Å². The molecule has 0 amide bonds. The molecule has 0 aliphatic heterocycles. The van der Waals surface area contributed by atoms with E-state index in [9.17, 15) is 4.79 Å². The summed E-state index contributed by atoms with van der Waals surface area (Å²) in [4.78, 5) is 10.1. The van der Waals surface area contributed by atoms with Gasteiger partial charge in [0.1, 0.15) is 11.5 Å². The number of rotatable bonds is 4. The minimum atomic E-state index is 0.257. The van der Waals surface area contributed by atoms with Crippen molar-refractivity contribution in [2.45, 2.75) is 37.8 Å². The molecule has 2 N–H and O–H groups in total. The van der Waals surface area contributed by atoms with Gasteiger partial charge in [0.05, 0.1) is 6.10 Å². The van der Waals surface area contributed by atoms with E-state index < -0.39 is 0 Å². The van der Waals surface area contributed by atoms with Crippen LogP contribution in [0.4, 0.5) is 0 Å². The number of nitrogens with two attached hydrogens (primary N) is 1. The fourth-order valence-electron chi connectivity index (χ4n) is 2.05. The van der Waals surface area contributed by atoms with Crippen molar-refractivity contribution in [1.29, 1.82) is 0 Å². The third-order valence-corrected chi connectivity index (χ3v) is 3.03. The zero-order valence-corrected chi connectivity index (χ0v) is 9.67. The molecule has 0 radical (unpaired) electrons. The van der Waals surface area contributed by atoms with Gasteiger partial charge >= 0.3 is 0 Å². The number of hydrogen-bond acceptors (Lipinski definition) is 4. The van der Waals surface area contributed by atoms with Crippen molar-refractivity contribution in [3.05, 3.63) is 24.3 Å². The maximum atomic E-state index is 10.1. The molecule has 0 bridgehead atoms. The van der Waals surface area contributed by atoms with E-state index in [0.717, 1.165) is 31.4 Å². The van der Waals surface area contributed by atoms with Crippen molar-refractivity contribution in [1.82, 2.24) is 0 Å². The predicted molar refractivity (Wildman–Crippen MR) is 64.0 cm³/mol. The molecule has 1 aliphatic carbocycles. The lowest BCUT2D eigenvalue weighted by Gasteiger charge is -2.26. The van der Waals surface area contributed by atoms with E-state index in [-0.39, 0.29) is 6.10 Å². The molecular formula is C13H17NO3. The third-order valence-electron chi connectivity index (χ3n) is 3.03. The largest absolute Gasteiger partial charge is 0.490 e. The van der Waals surface area contributed by atoms with Gasteiger partial charge < -0.3 is 15.2 Å². The lowest BCUT2D eigenvalue weighted by molar-refractivity contribution is -0.120. The Morgan fingerprint density at radius 1 is 1.06 bits per heavy atom. The van der Waals surface area contributed by atoms with Gasteiger partial charge in [-0.2, -0.15) is 0 Å². The standard InChI is InChI=1S/C13H17NO3/c14-10-1-3-12(4-2-10)17-13-7-5-11(6-8-13)16-9-15/h5-10,12H,1-4,14H2. The fourth-order valence-corrected chi connectivity index (χ4v) is 2.05. The average molecular weight is 235 g/mol. The molecule has 1 aromatic carbocycles. The van der Waals surface area contributed by atoms with Crippen molar-refractivity contribution in [2.75, 3.05) is 0 Å². The molecule has 1 aliphatic rings. The molecule has 1 saturated carbocycles. The molecule has 0 aromatic heterocycles. The molecule has 4 heteroatoms. The van der Waals surface area contributed by atoms with E-state index in [0.29, 0.717) is 18.3 Å². The summed E-state index contributed by atoms with van der Waals surface area (Å²) in [5.41, 5.74) is 5.84. The second-order valence-corrected chi connectivity index (χ2v) is 4.34. The monoisotopic (exact) mass is 235 g/mol. The Labute approximate surface area is 101 Å². The molecule has 0 heterocycles. The van der Waals surface area contributed by atoms with Crippen molar-refractivity contribution in [3.63, 3.8) is 0 Å². The highest BCUT2D eigenvalue weighted by Crippen LogP contribution is 2.24. The minimum absolute atomic E-state index is 0.257. The molecule has 0 saturated heterocycles. The number of carbonyl (C=O) groups excluding carboxylic acids is 1. The predicted octanol–water partition coefficient (Wildman–Crippen LogP) is 1.87. The van der Waals surface area contributed by atoms with Crippen LogP contribution in [0.5, 0.6) is 11.5 Å². The van der Waals surface area contributed by atoms with Crippen LogP contribution in [0.25, 0.3) is 0 Å². The van der Waals surface area contributed by atoms with E-state index in [4.69, 9.17) is 15.2 Å². The topological polar surface area (TPSA) is 61.6 Å². The van der Waals surface area contributed by atoms with Crippen LogP contribution >= 0.6 is 0 Å². The Bertz CT molecular complexity index is 355. The molecule has 92 valence electrons. The van der Waals surface area contributed by atoms with E-state index in [1.54, 1.807) is 12.1 Å². The fraction of sp³-hybridized carbons (Fsp3) is 0.462. The first-order chi connectivity index (χ1) is 8.28. The summed E-state index contributed by atoms with van der Waals surface area (Å²) in [6, 6.07) is 7.40. The number of hydrogen-bond donors (Lipinski definition) is 1. The van der Waals surface area contributed by atoms with Crippen LogP contribution in [-0.4, -0.2) is 18.6 Å². The molecule has 4 nitrogen and oxygen atoms in total. The van der Waals surface area contributed by atoms with E-state index in [1.165, 1.54) is 0 Å². The van der Waals surface area contributed by atoms with Crippen molar-refractivity contribution >= 4 is 6.47 Å². The Balaban J connectivity index is 1.88. The third kappa shape index (κ3) is 3.46. The zero-order chi connectivity index (χ0) is 12.1. The lowest BCUT2D eigenvalue weighted by Crippen LogP contribution is -2.31. The summed E-state index contributed by atoms with van der Waals surface area (Å²) < 4.78 is 10.5. The molecule has 1 aromatic rings. The highest BCUT2D eigenvalue weighted by Gasteiger charge is 2.19. The van der Waals surface area contributed by atoms with E-state index in [2.05, 4.69) is 0 Å². The molecule has 17 heavy (non-hydrogen) atoms. The van der Waals surface area contributed by atoms with Crippen LogP contribution in [0.2, 0.25) is 0 Å². The SMILES string of the molecule is NC1CCC(Oc2ccc(OC=O)cc2)CC1. The Morgan fingerprint density at radius 2 is 1.65 bits per heavy atom. The maximum Gasteiger partial charge on any atom is 0.298 e. The number of carbonyl (C=O) groups is 1. The molecule has 0 spiro atoms. The molecule has 0 atom stereocenters. The van der Waals surface area contributed by atoms with Gasteiger partial charge in [0.2, 0.25) is 0 Å². The normalized spacial score (nSPS) is 24.1. The molecule has 2 rings (SSSR count). The van der Waals surface area contributed by atoms with E-state index >= 15 is 0 Å². The summed E-state index contributed by atoms with van der Waals surface area (Å²) in [7, 11) is 0. The highest BCUT2D eigenvalue weighted by atomic mass is 16.5. The molecular weight excluding hydrogens is 218 g/mol. The van der Waals surface area contributed by atoms with Gasteiger partial charge in [-0.1, -0.05) is 0 Å². The maximum absolute atomic E-state index is 10.1. The smallest absolute Gasteiger partial charge is 0.298 e. The van der Waals surface area contributed by atoms with Crippen LogP contribution in [0.1, 0.15) is 25.7 Å². The Kier molecular flexibility index (Phi) is 3.98. The summed E-state index contributed by atoms with van der Waals surface area (Å²) in [6.45, 7) is 0.415. The van der Waals surface area contributed by atoms with Crippen LogP contribution in [0.3, 0.4) is 0 Å². The lowest BCUT2D eigenvalue weighted by atomic mass is 9.94. The van der Waals surface area contributed by atoms with Crippen molar-refractivity contribution in [2.24, 2.45) is 5.73 Å². The zero-order valence-electron chi connectivity index (χ0n) is 9.67. The first-order valence-electron chi connectivity index (χ1n) is 5.90. The van der Waals surface area contributed by atoms with Gasteiger partial charge in [0.25, 0.3) is 6.47 Å². The highest BCUT2D eigenvalue weighted by molar-refractivity contribution is 5.45. The summed E-state index contributed by atoms with van der Waals surface area (Å²) >= 11 is 0. The second-order valence-electron chi connectivity index (χ2n) is 4.34. The first-order valence-corrected chi connectivity index (χ1v) is 5.90. The van der Waals surface area contributed by atoms with Gasteiger partial charge in [0, 0.05) is 6.04 Å². The Morgan fingerprint density at radius 3 is 2.24 bits per heavy atom. The van der Waals surface area contributed by atoms with Gasteiger partial charge in [0.15, 0.2) is 0 Å². The molecule has 1 fully saturated rings. The summed E-state index contributed by atoms with van der Waals surface area (Å²) in [5.74, 6) is 1.33. The molecule has 0 unspecified atom stereocenters. The van der Waals surface area contributed by atoms with Crippen molar-refractivity contribution < 1.29 is 14.3 Å². The van der Waals surface area contributed by atoms with Gasteiger partial charge in [-0.3, -0.25) is 4.79 Å². The average Bonchev–Trinajstić information content (AvgIpc) is 2.35. The van der Waals surface area contributed by atoms with Gasteiger partial charge in [-0.15, -0.1) is 0 Å². The van der Waals surface area contributed by atoms with Crippen LogP contribution < -0.4 is 15.2 Å². The quantitative estimate of drug-likeness (QED) is 0.809. The van der Waals surface area contributed by atoms with E-state index in [1.807, 2.05) is 12.1 Å². The van der Waals surface area contributed by atoms with Gasteiger partial charge in [-0.05, 0) is 49.9 Å². The first kappa shape index (κ1) is 11.9. The Hall–Kier alpha value is -1.55. The minimum Gasteiger partial charge on any atom is -0.490 e. The summed E-state index contributed by atoms with van der Waals surface area (Å²) in [5, 5.41) is 0. The number of benzene rings is 1. The van der Waals surface area contributed by atoms with Crippen LogP contribution in [0, 0.1) is 0 Å². The second kappa shape index (κ2) is 5.68.